The van der Waals surface area contributed by atoms with E-state index in [2.05, 4.69) is 42.1 Å². The van der Waals surface area contributed by atoms with Crippen LogP contribution in [0.3, 0.4) is 0 Å². The molecule has 2 aromatic rings. The summed E-state index contributed by atoms with van der Waals surface area (Å²) >= 11 is 0. The highest BCUT2D eigenvalue weighted by Crippen LogP contribution is 2.20. The van der Waals surface area contributed by atoms with Gasteiger partial charge in [-0.1, -0.05) is 6.92 Å². The molecule has 1 N–H and O–H groups in total. The molecule has 2 aromatic heterocycles. The summed E-state index contributed by atoms with van der Waals surface area (Å²) in [7, 11) is 0. The Balaban J connectivity index is 1.96. The highest BCUT2D eigenvalue weighted by atomic mass is 15.3. The van der Waals surface area contributed by atoms with E-state index in [4.69, 9.17) is 0 Å². The van der Waals surface area contributed by atoms with Gasteiger partial charge in [-0.25, -0.2) is 4.98 Å². The second kappa shape index (κ2) is 6.43. The first-order chi connectivity index (χ1) is 10.4. The first-order valence-electron chi connectivity index (χ1n) is 7.38. The van der Waals surface area contributed by atoms with Crippen LogP contribution in [0.1, 0.15) is 26.2 Å². The fourth-order valence-corrected chi connectivity index (χ4v) is 2.27. The van der Waals surface area contributed by atoms with Crippen LogP contribution in [0.15, 0.2) is 18.6 Å². The van der Waals surface area contributed by atoms with E-state index in [-0.39, 0.29) is 0 Å². The maximum atomic E-state index is 4.55. The molecule has 1 saturated heterocycles. The maximum Gasteiger partial charge on any atom is 0.230 e. The fourth-order valence-electron chi connectivity index (χ4n) is 2.27. The summed E-state index contributed by atoms with van der Waals surface area (Å²) in [5.41, 5.74) is 0.667. The van der Waals surface area contributed by atoms with Crippen LogP contribution in [-0.4, -0.2) is 44.6 Å². The molecule has 1 fully saturated rings. The topological polar surface area (TPSA) is 79.7 Å². The lowest BCUT2D eigenvalue weighted by atomic mass is 10.4. The van der Waals surface area contributed by atoms with Crippen molar-refractivity contribution in [2.45, 2.75) is 26.2 Å². The zero-order valence-corrected chi connectivity index (χ0v) is 12.2. The Morgan fingerprint density at radius 3 is 2.71 bits per heavy atom. The largest absolute Gasteiger partial charge is 0.354 e. The maximum absolute atomic E-state index is 4.55. The van der Waals surface area contributed by atoms with Gasteiger partial charge in [0.15, 0.2) is 5.82 Å². The van der Waals surface area contributed by atoms with Crippen molar-refractivity contribution in [1.82, 2.24) is 24.9 Å². The minimum Gasteiger partial charge on any atom is -0.354 e. The zero-order chi connectivity index (χ0) is 14.5. The van der Waals surface area contributed by atoms with Crippen molar-refractivity contribution in [3.63, 3.8) is 0 Å². The van der Waals surface area contributed by atoms with Crippen molar-refractivity contribution in [3.8, 4) is 11.5 Å². The average Bonchev–Trinajstić information content (AvgIpc) is 3.08. The minimum absolute atomic E-state index is 0.568. The van der Waals surface area contributed by atoms with E-state index in [0.29, 0.717) is 17.5 Å². The molecular weight excluding hydrogens is 266 g/mol. The van der Waals surface area contributed by atoms with Crippen LogP contribution in [0.2, 0.25) is 0 Å². The molecule has 0 spiro atoms. The lowest BCUT2D eigenvalue weighted by Crippen LogP contribution is -2.22. The number of aromatic nitrogens is 5. The summed E-state index contributed by atoms with van der Waals surface area (Å²) in [6, 6.07) is 0. The smallest absolute Gasteiger partial charge is 0.230 e. The third kappa shape index (κ3) is 3.24. The van der Waals surface area contributed by atoms with E-state index >= 15 is 0 Å². The summed E-state index contributed by atoms with van der Waals surface area (Å²) < 4.78 is 0. The van der Waals surface area contributed by atoms with Gasteiger partial charge in [0.25, 0.3) is 0 Å². The number of nitrogens with one attached hydrogen (secondary N) is 1. The zero-order valence-electron chi connectivity index (χ0n) is 12.2. The number of hydrogen-bond donors (Lipinski definition) is 1. The van der Waals surface area contributed by atoms with Crippen LogP contribution in [0, 0.1) is 0 Å². The molecule has 3 rings (SSSR count). The van der Waals surface area contributed by atoms with Crippen LogP contribution < -0.4 is 10.2 Å². The monoisotopic (exact) mass is 285 g/mol. The van der Waals surface area contributed by atoms with Gasteiger partial charge in [0.05, 0.1) is 6.20 Å². The molecule has 7 heteroatoms. The summed E-state index contributed by atoms with van der Waals surface area (Å²) in [5.74, 6) is 1.90. The van der Waals surface area contributed by atoms with Crippen LogP contribution in [0.25, 0.3) is 11.5 Å². The summed E-state index contributed by atoms with van der Waals surface area (Å²) in [4.78, 5) is 24.1. The molecule has 0 aromatic carbocycles. The predicted molar refractivity (Wildman–Crippen MR) is 81.1 cm³/mol. The first kappa shape index (κ1) is 13.7. The molecule has 1 aliphatic heterocycles. The third-order valence-electron chi connectivity index (χ3n) is 3.34. The van der Waals surface area contributed by atoms with Crippen molar-refractivity contribution >= 4 is 11.9 Å². The van der Waals surface area contributed by atoms with Crippen molar-refractivity contribution < 1.29 is 0 Å². The van der Waals surface area contributed by atoms with E-state index in [1.807, 2.05) is 0 Å². The molecular formula is C14H19N7. The molecule has 0 atom stereocenters. The van der Waals surface area contributed by atoms with Crippen molar-refractivity contribution in [2.75, 3.05) is 29.9 Å². The second-order valence-electron chi connectivity index (χ2n) is 4.99. The summed E-state index contributed by atoms with van der Waals surface area (Å²) in [6.07, 6.45) is 8.35. The number of anilines is 2. The number of nitrogens with zero attached hydrogens (tertiary/aromatic N) is 6. The Morgan fingerprint density at radius 2 is 2.00 bits per heavy atom. The highest BCUT2D eigenvalue weighted by molar-refractivity contribution is 5.53. The first-order valence-corrected chi connectivity index (χ1v) is 7.38. The van der Waals surface area contributed by atoms with Gasteiger partial charge in [0.2, 0.25) is 11.9 Å². The Labute approximate surface area is 123 Å². The summed E-state index contributed by atoms with van der Waals surface area (Å²) in [6.45, 7) is 4.94. The molecule has 1 aliphatic rings. The number of rotatable bonds is 5. The van der Waals surface area contributed by atoms with E-state index in [0.717, 1.165) is 32.0 Å². The Bertz CT molecular complexity index is 581. The van der Waals surface area contributed by atoms with Gasteiger partial charge >= 0.3 is 0 Å². The second-order valence-corrected chi connectivity index (χ2v) is 4.99. The molecule has 7 nitrogen and oxygen atoms in total. The molecule has 0 radical (unpaired) electrons. The van der Waals surface area contributed by atoms with E-state index in [1.54, 1.807) is 18.6 Å². The Morgan fingerprint density at radius 1 is 1.14 bits per heavy atom. The predicted octanol–water partition coefficient (Wildman–Crippen LogP) is 1.75. The molecule has 21 heavy (non-hydrogen) atoms. The van der Waals surface area contributed by atoms with Gasteiger partial charge in [-0.3, -0.25) is 4.98 Å². The molecule has 110 valence electrons. The standard InChI is InChI=1S/C14H19N7/c1-2-5-17-13-18-12(11-10-15-6-7-16-11)19-14(20-13)21-8-3-4-9-21/h6-7,10H,2-5,8-9H2,1H3,(H,17,18,19,20). The summed E-state index contributed by atoms with van der Waals surface area (Å²) in [5, 5.41) is 3.23. The van der Waals surface area contributed by atoms with Gasteiger partial charge in [-0.05, 0) is 19.3 Å². The van der Waals surface area contributed by atoms with Crippen LogP contribution in [0.4, 0.5) is 11.9 Å². The third-order valence-corrected chi connectivity index (χ3v) is 3.34. The molecule has 0 unspecified atom stereocenters. The lowest BCUT2D eigenvalue weighted by Gasteiger charge is -2.16. The van der Waals surface area contributed by atoms with Gasteiger partial charge < -0.3 is 10.2 Å². The molecule has 0 bridgehead atoms. The van der Waals surface area contributed by atoms with Crippen LogP contribution in [-0.2, 0) is 0 Å². The molecule has 0 saturated carbocycles. The van der Waals surface area contributed by atoms with Crippen LogP contribution >= 0.6 is 0 Å². The van der Waals surface area contributed by atoms with Gasteiger partial charge in [-0.2, -0.15) is 15.0 Å². The van der Waals surface area contributed by atoms with Crippen molar-refractivity contribution in [1.29, 1.82) is 0 Å². The molecule has 3 heterocycles. The van der Waals surface area contributed by atoms with Crippen LogP contribution in [0.5, 0.6) is 0 Å². The van der Waals surface area contributed by atoms with E-state index in [1.165, 1.54) is 12.8 Å². The normalized spacial score (nSPS) is 14.4. The van der Waals surface area contributed by atoms with Crippen molar-refractivity contribution in [3.05, 3.63) is 18.6 Å². The molecule has 0 amide bonds. The lowest BCUT2D eigenvalue weighted by molar-refractivity contribution is 0.871. The quantitative estimate of drug-likeness (QED) is 0.896. The highest BCUT2D eigenvalue weighted by Gasteiger charge is 2.18. The van der Waals surface area contributed by atoms with E-state index < -0.39 is 0 Å². The number of hydrogen-bond acceptors (Lipinski definition) is 7. The SMILES string of the molecule is CCCNc1nc(-c2cnccn2)nc(N2CCCC2)n1. The van der Waals surface area contributed by atoms with E-state index in [9.17, 15) is 0 Å². The molecule has 0 aliphatic carbocycles. The van der Waals surface area contributed by atoms with Gasteiger partial charge in [0.1, 0.15) is 5.69 Å². The minimum atomic E-state index is 0.568. The Kier molecular flexibility index (Phi) is 4.18. The fraction of sp³-hybridized carbons (Fsp3) is 0.500. The Hall–Kier alpha value is -2.31. The average molecular weight is 285 g/mol. The van der Waals surface area contributed by atoms with Gasteiger partial charge in [-0.15, -0.1) is 0 Å². The van der Waals surface area contributed by atoms with Crippen molar-refractivity contribution in [2.24, 2.45) is 0 Å². The van der Waals surface area contributed by atoms with Gasteiger partial charge in [0, 0.05) is 32.0 Å².